The monoisotopic (exact) mass is 561 g/mol. The Bertz CT molecular complexity index is 2300. The van der Waals surface area contributed by atoms with Gasteiger partial charge in [-0.1, -0.05) is 121 Å². The van der Waals surface area contributed by atoms with Gasteiger partial charge in [-0.25, -0.2) is 0 Å². The van der Waals surface area contributed by atoms with Gasteiger partial charge in [0.2, 0.25) is 0 Å². The lowest BCUT2D eigenvalue weighted by Crippen LogP contribution is -2.25. The number of rotatable bonds is 3. The first-order chi connectivity index (χ1) is 21.8. The van der Waals surface area contributed by atoms with Crippen LogP contribution in [0, 0.1) is 0 Å². The zero-order valence-electron chi connectivity index (χ0n) is 24.9. The van der Waals surface area contributed by atoms with Crippen molar-refractivity contribution < 1.29 is 0 Å². The van der Waals surface area contributed by atoms with E-state index in [1.165, 1.54) is 83.1 Å². The van der Waals surface area contributed by atoms with Gasteiger partial charge in [0.1, 0.15) is 0 Å². The number of allylic oxidation sites excluding steroid dienone is 4. The van der Waals surface area contributed by atoms with Gasteiger partial charge in [0, 0.05) is 16.5 Å². The molecule has 1 heteroatoms. The summed E-state index contributed by atoms with van der Waals surface area (Å²) in [5.41, 5.74) is 16.6. The molecule has 1 heterocycles. The maximum Gasteiger partial charge on any atom is 0.0725 e. The van der Waals surface area contributed by atoms with Gasteiger partial charge in [0.25, 0.3) is 0 Å². The van der Waals surface area contributed by atoms with Crippen LogP contribution in [0.3, 0.4) is 0 Å². The van der Waals surface area contributed by atoms with Crippen molar-refractivity contribution in [2.45, 2.75) is 19.3 Å². The van der Waals surface area contributed by atoms with Crippen LogP contribution in [0.15, 0.2) is 152 Å². The number of para-hydroxylation sites is 1. The Hall–Kier alpha value is -5.40. The van der Waals surface area contributed by atoms with Crippen LogP contribution in [0.25, 0.3) is 55.3 Å². The number of aromatic nitrogens is 1. The van der Waals surface area contributed by atoms with E-state index < -0.39 is 0 Å². The molecule has 0 saturated heterocycles. The van der Waals surface area contributed by atoms with E-state index >= 15 is 0 Å². The Balaban J connectivity index is 1.37. The molecule has 0 amide bonds. The third-order valence-electron chi connectivity index (χ3n) is 9.91. The Kier molecular flexibility index (Phi) is 5.31. The van der Waals surface area contributed by atoms with Gasteiger partial charge >= 0.3 is 0 Å². The fourth-order valence-electron chi connectivity index (χ4n) is 8.17. The third kappa shape index (κ3) is 3.14. The van der Waals surface area contributed by atoms with Crippen LogP contribution in [-0.4, -0.2) is 4.57 Å². The second-order valence-corrected chi connectivity index (χ2v) is 11.9. The molecule has 6 aromatic carbocycles. The lowest BCUT2D eigenvalue weighted by Gasteiger charge is -2.30. The lowest BCUT2D eigenvalue weighted by atomic mass is 9.70. The SMILES string of the molecule is C/C=C\C(=C/C)c1ccc(-n2c3ccccc3c3cc4c(cc32)-c2ccccc2C42c3ccccc3-c3ccccc32)cc1. The van der Waals surface area contributed by atoms with Crippen molar-refractivity contribution in [2.24, 2.45) is 0 Å². The lowest BCUT2D eigenvalue weighted by molar-refractivity contribution is 0.795. The van der Waals surface area contributed by atoms with Crippen molar-refractivity contribution in [1.82, 2.24) is 4.57 Å². The minimum Gasteiger partial charge on any atom is -0.309 e. The zero-order chi connectivity index (χ0) is 29.4. The molecule has 1 aromatic heterocycles. The quantitative estimate of drug-likeness (QED) is 0.189. The molecule has 0 unspecified atom stereocenters. The van der Waals surface area contributed by atoms with Crippen LogP contribution in [-0.2, 0) is 5.41 Å². The summed E-state index contributed by atoms with van der Waals surface area (Å²) in [5, 5.41) is 2.57. The van der Waals surface area contributed by atoms with Crippen LogP contribution in [0.2, 0.25) is 0 Å². The molecule has 1 spiro atoms. The van der Waals surface area contributed by atoms with Crippen molar-refractivity contribution in [3.8, 4) is 27.9 Å². The molecule has 0 saturated carbocycles. The maximum atomic E-state index is 2.51. The van der Waals surface area contributed by atoms with Crippen molar-refractivity contribution in [3.63, 3.8) is 0 Å². The smallest absolute Gasteiger partial charge is 0.0725 e. The molecular formula is C43H31N. The van der Waals surface area contributed by atoms with Crippen LogP contribution in [0.1, 0.15) is 41.7 Å². The van der Waals surface area contributed by atoms with Gasteiger partial charge in [0.15, 0.2) is 0 Å². The second kappa shape index (κ2) is 9.30. The van der Waals surface area contributed by atoms with Crippen molar-refractivity contribution in [1.29, 1.82) is 0 Å². The largest absolute Gasteiger partial charge is 0.309 e. The van der Waals surface area contributed by atoms with Crippen molar-refractivity contribution >= 4 is 27.4 Å². The number of benzene rings is 6. The minimum absolute atomic E-state index is 0.339. The molecule has 44 heavy (non-hydrogen) atoms. The van der Waals surface area contributed by atoms with Crippen LogP contribution >= 0.6 is 0 Å². The standard InChI is InChI=1S/C43H31N/c1-3-13-28(4-2)29-22-24-30(25-23-29)44-41-21-12-8-17-34(41)36-26-40-35(27-42(36)44)33-16-7-11-20-39(33)43(40)37-18-9-5-14-31(37)32-15-6-10-19-38(32)43/h3-27H,1-2H3/b13-3-,28-4+. The summed E-state index contributed by atoms with van der Waals surface area (Å²) in [5.74, 6) is 0. The Morgan fingerprint density at radius 1 is 0.523 bits per heavy atom. The normalized spacial score (nSPS) is 14.4. The summed E-state index contributed by atoms with van der Waals surface area (Å²) >= 11 is 0. The molecule has 0 aliphatic heterocycles. The molecule has 2 aliphatic carbocycles. The number of hydrogen-bond acceptors (Lipinski definition) is 0. The predicted molar refractivity (Wildman–Crippen MR) is 186 cm³/mol. The number of fused-ring (bicyclic) bond motifs is 13. The highest BCUT2D eigenvalue weighted by molar-refractivity contribution is 6.12. The van der Waals surface area contributed by atoms with E-state index in [0.29, 0.717) is 0 Å². The maximum absolute atomic E-state index is 2.51. The summed E-state index contributed by atoms with van der Waals surface area (Å²) in [6.07, 6.45) is 6.44. The first-order valence-corrected chi connectivity index (χ1v) is 15.5. The summed E-state index contributed by atoms with van der Waals surface area (Å²) in [6.45, 7) is 4.17. The third-order valence-corrected chi connectivity index (χ3v) is 9.91. The highest BCUT2D eigenvalue weighted by atomic mass is 15.0. The number of nitrogens with zero attached hydrogens (tertiary/aromatic N) is 1. The average Bonchev–Trinajstić information content (AvgIpc) is 3.68. The second-order valence-electron chi connectivity index (χ2n) is 11.9. The summed E-state index contributed by atoms with van der Waals surface area (Å²) in [4.78, 5) is 0. The van der Waals surface area contributed by atoms with E-state index in [-0.39, 0.29) is 5.41 Å². The van der Waals surface area contributed by atoms with E-state index in [9.17, 15) is 0 Å². The van der Waals surface area contributed by atoms with Gasteiger partial charge in [-0.2, -0.15) is 0 Å². The zero-order valence-corrected chi connectivity index (χ0v) is 24.9. The molecule has 0 fully saturated rings. The molecule has 0 radical (unpaired) electrons. The van der Waals surface area contributed by atoms with Gasteiger partial charge in [-0.15, -0.1) is 0 Å². The van der Waals surface area contributed by atoms with Crippen LogP contribution < -0.4 is 0 Å². The molecule has 208 valence electrons. The highest BCUT2D eigenvalue weighted by Crippen LogP contribution is 2.63. The molecule has 0 atom stereocenters. The Morgan fingerprint density at radius 3 is 1.70 bits per heavy atom. The summed E-state index contributed by atoms with van der Waals surface area (Å²) in [6, 6.07) is 50.0. The van der Waals surface area contributed by atoms with Gasteiger partial charge < -0.3 is 4.57 Å². The molecule has 2 aliphatic rings. The van der Waals surface area contributed by atoms with Gasteiger partial charge in [-0.05, 0) is 99.8 Å². The van der Waals surface area contributed by atoms with Crippen LogP contribution in [0.5, 0.6) is 0 Å². The molecule has 7 aromatic rings. The van der Waals surface area contributed by atoms with Crippen molar-refractivity contribution in [3.05, 3.63) is 180 Å². The summed E-state index contributed by atoms with van der Waals surface area (Å²) < 4.78 is 2.45. The fraction of sp³-hybridized carbons (Fsp3) is 0.0698. The van der Waals surface area contributed by atoms with E-state index in [4.69, 9.17) is 0 Å². The topological polar surface area (TPSA) is 4.93 Å². The van der Waals surface area contributed by atoms with Gasteiger partial charge in [0.05, 0.1) is 16.4 Å². The van der Waals surface area contributed by atoms with Crippen molar-refractivity contribution in [2.75, 3.05) is 0 Å². The fourth-order valence-corrected chi connectivity index (χ4v) is 8.17. The van der Waals surface area contributed by atoms with E-state index in [2.05, 4.69) is 170 Å². The van der Waals surface area contributed by atoms with E-state index in [1.807, 2.05) is 0 Å². The number of hydrogen-bond donors (Lipinski definition) is 0. The minimum atomic E-state index is -0.339. The Morgan fingerprint density at radius 2 is 1.09 bits per heavy atom. The average molecular weight is 562 g/mol. The molecular weight excluding hydrogens is 530 g/mol. The molecule has 0 N–H and O–H groups in total. The van der Waals surface area contributed by atoms with Crippen LogP contribution in [0.4, 0.5) is 0 Å². The van der Waals surface area contributed by atoms with Gasteiger partial charge in [-0.3, -0.25) is 0 Å². The molecule has 1 nitrogen and oxygen atoms in total. The van der Waals surface area contributed by atoms with E-state index in [0.717, 1.165) is 0 Å². The van der Waals surface area contributed by atoms with E-state index in [1.54, 1.807) is 0 Å². The first kappa shape index (κ1) is 25.1. The first-order valence-electron chi connectivity index (χ1n) is 15.5. The Labute approximate surface area is 258 Å². The molecule has 9 rings (SSSR count). The predicted octanol–water partition coefficient (Wildman–Crippen LogP) is 11.1. The molecule has 0 bridgehead atoms. The highest BCUT2D eigenvalue weighted by Gasteiger charge is 2.51. The summed E-state index contributed by atoms with van der Waals surface area (Å²) in [7, 11) is 0.